The van der Waals surface area contributed by atoms with Crippen molar-refractivity contribution in [1.82, 2.24) is 14.9 Å². The topological polar surface area (TPSA) is 89.3 Å². The summed E-state index contributed by atoms with van der Waals surface area (Å²) in [4.78, 5) is 44.8. The van der Waals surface area contributed by atoms with Gasteiger partial charge in [0.2, 0.25) is 11.5 Å². The van der Waals surface area contributed by atoms with Crippen molar-refractivity contribution in [2.24, 2.45) is 0 Å². The van der Waals surface area contributed by atoms with Gasteiger partial charge in [0, 0.05) is 43.7 Å². The molecule has 0 unspecified atom stereocenters. The van der Waals surface area contributed by atoms with E-state index in [-0.39, 0.29) is 23.1 Å². The molecule has 7 heteroatoms. The molecule has 1 amide bonds. The van der Waals surface area contributed by atoms with Crippen LogP contribution in [-0.2, 0) is 4.79 Å². The number of amides is 1. The number of carbonyl (C=O) groups is 1. The fourth-order valence-corrected chi connectivity index (χ4v) is 3.18. The molecule has 0 saturated carbocycles. The molecular weight excluding hydrogens is 332 g/mol. The fourth-order valence-electron chi connectivity index (χ4n) is 3.18. The Bertz CT molecular complexity index is 925. The SMILES string of the molecule is C=CC(=O)N1CC(N(CCC)c2cc(-c3cc[nH]c(=O)c3)c[nH]c2=O)C1. The molecule has 1 aliphatic rings. The van der Waals surface area contributed by atoms with E-state index in [1.165, 1.54) is 12.1 Å². The van der Waals surface area contributed by atoms with E-state index >= 15 is 0 Å². The molecule has 26 heavy (non-hydrogen) atoms. The summed E-state index contributed by atoms with van der Waals surface area (Å²) < 4.78 is 0. The van der Waals surface area contributed by atoms with E-state index in [0.29, 0.717) is 25.3 Å². The van der Waals surface area contributed by atoms with Crippen LogP contribution in [0.5, 0.6) is 0 Å². The number of nitrogens with one attached hydrogen (secondary N) is 2. The third-order valence-electron chi connectivity index (χ3n) is 4.56. The molecule has 0 spiro atoms. The van der Waals surface area contributed by atoms with Gasteiger partial charge in [0.05, 0.1) is 6.04 Å². The van der Waals surface area contributed by atoms with E-state index in [0.717, 1.165) is 17.5 Å². The maximum Gasteiger partial charge on any atom is 0.271 e. The highest BCUT2D eigenvalue weighted by molar-refractivity contribution is 5.87. The number of likely N-dealkylation sites (tertiary alicyclic amines) is 1. The molecular formula is C19H22N4O3. The Morgan fingerprint density at radius 1 is 1.31 bits per heavy atom. The summed E-state index contributed by atoms with van der Waals surface area (Å²) in [6.07, 6.45) is 5.37. The van der Waals surface area contributed by atoms with Gasteiger partial charge in [-0.2, -0.15) is 0 Å². The van der Waals surface area contributed by atoms with Gasteiger partial charge in [-0.3, -0.25) is 14.4 Å². The number of rotatable bonds is 6. The molecule has 0 aromatic carbocycles. The van der Waals surface area contributed by atoms with Crippen molar-refractivity contribution < 1.29 is 4.79 Å². The second kappa shape index (κ2) is 7.43. The number of aromatic nitrogens is 2. The zero-order valence-corrected chi connectivity index (χ0v) is 14.7. The van der Waals surface area contributed by atoms with Crippen molar-refractivity contribution in [3.8, 4) is 11.1 Å². The maximum atomic E-state index is 12.4. The Balaban J connectivity index is 1.91. The molecule has 1 saturated heterocycles. The number of nitrogens with zero attached hydrogens (tertiary/aromatic N) is 2. The van der Waals surface area contributed by atoms with Crippen LogP contribution in [0, 0.1) is 0 Å². The van der Waals surface area contributed by atoms with Crippen molar-refractivity contribution in [1.29, 1.82) is 0 Å². The summed E-state index contributed by atoms with van der Waals surface area (Å²) in [7, 11) is 0. The lowest BCUT2D eigenvalue weighted by molar-refractivity contribution is -0.130. The molecule has 3 heterocycles. The molecule has 1 aliphatic heterocycles. The zero-order chi connectivity index (χ0) is 18.7. The van der Waals surface area contributed by atoms with E-state index in [1.807, 2.05) is 11.8 Å². The lowest BCUT2D eigenvalue weighted by atomic mass is 10.0. The summed E-state index contributed by atoms with van der Waals surface area (Å²) in [5, 5.41) is 0. The van der Waals surface area contributed by atoms with E-state index in [4.69, 9.17) is 0 Å². The standard InChI is InChI=1S/C19H22N4O3/c1-3-7-23(15-11-22(12-15)18(25)4-2)16-8-14(10-21-19(16)26)13-5-6-20-17(24)9-13/h4-6,8-10,15H,2-3,7,11-12H2,1H3,(H,20,24)(H,21,26). The normalized spacial score (nSPS) is 14.0. The van der Waals surface area contributed by atoms with E-state index in [9.17, 15) is 14.4 Å². The van der Waals surface area contributed by atoms with Gasteiger partial charge in [0.1, 0.15) is 5.69 Å². The lowest BCUT2D eigenvalue weighted by Crippen LogP contribution is -2.61. The number of aromatic amines is 2. The van der Waals surface area contributed by atoms with E-state index in [2.05, 4.69) is 16.5 Å². The van der Waals surface area contributed by atoms with Crippen molar-refractivity contribution >= 4 is 11.6 Å². The van der Waals surface area contributed by atoms with E-state index < -0.39 is 0 Å². The van der Waals surface area contributed by atoms with Gasteiger partial charge in [-0.25, -0.2) is 0 Å². The van der Waals surface area contributed by atoms with Gasteiger partial charge in [0.25, 0.3) is 5.56 Å². The summed E-state index contributed by atoms with van der Waals surface area (Å²) in [5.74, 6) is -0.0936. The summed E-state index contributed by atoms with van der Waals surface area (Å²) >= 11 is 0. The second-order valence-corrected chi connectivity index (χ2v) is 6.34. The minimum absolute atomic E-state index is 0.0920. The zero-order valence-electron chi connectivity index (χ0n) is 14.7. The third-order valence-corrected chi connectivity index (χ3v) is 4.56. The molecule has 7 nitrogen and oxygen atoms in total. The van der Waals surface area contributed by atoms with Crippen LogP contribution in [0.15, 0.2) is 52.8 Å². The van der Waals surface area contributed by atoms with Crippen LogP contribution in [0.4, 0.5) is 5.69 Å². The largest absolute Gasteiger partial charge is 0.361 e. The monoisotopic (exact) mass is 354 g/mol. The number of H-pyrrole nitrogens is 2. The molecule has 3 rings (SSSR count). The van der Waals surface area contributed by atoms with Crippen molar-refractivity contribution in [3.05, 3.63) is 64.0 Å². The van der Waals surface area contributed by atoms with Crippen LogP contribution in [0.25, 0.3) is 11.1 Å². The van der Waals surface area contributed by atoms with Crippen LogP contribution in [-0.4, -0.2) is 46.5 Å². The molecule has 1 fully saturated rings. The Morgan fingerprint density at radius 2 is 2.08 bits per heavy atom. The Kier molecular flexibility index (Phi) is 5.06. The highest BCUT2D eigenvalue weighted by Crippen LogP contribution is 2.24. The molecule has 0 aliphatic carbocycles. The van der Waals surface area contributed by atoms with Gasteiger partial charge in [-0.1, -0.05) is 13.5 Å². The number of anilines is 1. The number of hydrogen-bond donors (Lipinski definition) is 2. The Labute approximate surface area is 151 Å². The quantitative estimate of drug-likeness (QED) is 0.766. The van der Waals surface area contributed by atoms with Crippen LogP contribution in [0.3, 0.4) is 0 Å². The molecule has 0 bridgehead atoms. The molecule has 0 radical (unpaired) electrons. The van der Waals surface area contributed by atoms with E-state index in [1.54, 1.807) is 29.4 Å². The minimum atomic E-state index is -0.196. The van der Waals surface area contributed by atoms with Gasteiger partial charge in [0.15, 0.2) is 0 Å². The average Bonchev–Trinajstić information content (AvgIpc) is 2.60. The van der Waals surface area contributed by atoms with Gasteiger partial charge >= 0.3 is 0 Å². The predicted molar refractivity (Wildman–Crippen MR) is 101 cm³/mol. The van der Waals surface area contributed by atoms with Gasteiger partial charge < -0.3 is 19.8 Å². The van der Waals surface area contributed by atoms with Crippen LogP contribution < -0.4 is 16.0 Å². The highest BCUT2D eigenvalue weighted by Gasteiger charge is 2.34. The first-order valence-electron chi connectivity index (χ1n) is 8.63. The summed E-state index contributed by atoms with van der Waals surface area (Å²) in [6, 6.07) is 5.18. The van der Waals surface area contributed by atoms with Crippen LogP contribution in [0.1, 0.15) is 13.3 Å². The smallest absolute Gasteiger partial charge is 0.271 e. The molecule has 2 N–H and O–H groups in total. The average molecular weight is 354 g/mol. The first-order valence-corrected chi connectivity index (χ1v) is 8.63. The lowest BCUT2D eigenvalue weighted by Gasteiger charge is -2.45. The molecule has 136 valence electrons. The van der Waals surface area contributed by atoms with Crippen LogP contribution >= 0.6 is 0 Å². The molecule has 2 aromatic heterocycles. The van der Waals surface area contributed by atoms with Crippen molar-refractivity contribution in [2.45, 2.75) is 19.4 Å². The number of carbonyl (C=O) groups excluding carboxylic acids is 1. The summed E-state index contributed by atoms with van der Waals surface area (Å²) in [6.45, 7) is 7.40. The molecule has 2 aromatic rings. The second-order valence-electron chi connectivity index (χ2n) is 6.34. The first kappa shape index (κ1) is 17.7. The first-order chi connectivity index (χ1) is 12.5. The highest BCUT2D eigenvalue weighted by atomic mass is 16.2. The number of pyridine rings is 2. The van der Waals surface area contributed by atoms with Gasteiger partial charge in [-0.15, -0.1) is 0 Å². The Hall–Kier alpha value is -3.09. The van der Waals surface area contributed by atoms with Gasteiger partial charge in [-0.05, 0) is 30.2 Å². The van der Waals surface area contributed by atoms with Crippen molar-refractivity contribution in [2.75, 3.05) is 24.5 Å². The van der Waals surface area contributed by atoms with Crippen molar-refractivity contribution in [3.63, 3.8) is 0 Å². The third kappa shape index (κ3) is 3.46. The Morgan fingerprint density at radius 3 is 2.73 bits per heavy atom. The fraction of sp³-hybridized carbons (Fsp3) is 0.316. The van der Waals surface area contributed by atoms with Crippen LogP contribution in [0.2, 0.25) is 0 Å². The maximum absolute atomic E-state index is 12.4. The summed E-state index contributed by atoms with van der Waals surface area (Å²) in [5.41, 5.74) is 1.68. The minimum Gasteiger partial charge on any atom is -0.361 e. The predicted octanol–water partition coefficient (Wildman–Crippen LogP) is 1.34. The number of hydrogen-bond acceptors (Lipinski definition) is 4. The molecule has 0 atom stereocenters.